The number of hydrazone groups is 1. The van der Waals surface area contributed by atoms with Crippen LogP contribution >= 0.6 is 0 Å². The maximum atomic E-state index is 12.1. The second-order valence-electron chi connectivity index (χ2n) is 5.85. The standard InChI is InChI=1S/C15H21N5O2/c21-13(18-12-5-2-1-3-6-12)9-11-10-16-15(19-14(11)22)20-8-4-7-17-20/h7,10,12H,1-6,8-9H2,(H,18,21)(H,16,19,22). The highest BCUT2D eigenvalue weighted by Crippen LogP contribution is 2.17. The van der Waals surface area contributed by atoms with Crippen LogP contribution in [0.1, 0.15) is 44.1 Å². The Kier molecular flexibility index (Phi) is 4.50. The molecular formula is C15H21N5O2. The van der Waals surface area contributed by atoms with Gasteiger partial charge in [0.2, 0.25) is 11.9 Å². The Morgan fingerprint density at radius 3 is 2.86 bits per heavy atom. The smallest absolute Gasteiger partial charge is 0.256 e. The molecular weight excluding hydrogens is 282 g/mol. The van der Waals surface area contributed by atoms with Gasteiger partial charge in [-0.3, -0.25) is 14.6 Å². The number of H-pyrrole nitrogens is 1. The molecule has 118 valence electrons. The molecule has 7 heteroatoms. The average Bonchev–Trinajstić information content (AvgIpc) is 3.04. The monoisotopic (exact) mass is 303 g/mol. The molecule has 2 heterocycles. The maximum absolute atomic E-state index is 12.1. The van der Waals surface area contributed by atoms with E-state index in [1.54, 1.807) is 11.2 Å². The van der Waals surface area contributed by atoms with Gasteiger partial charge in [0.15, 0.2) is 0 Å². The highest BCUT2D eigenvalue weighted by Gasteiger charge is 2.17. The molecule has 7 nitrogen and oxygen atoms in total. The minimum atomic E-state index is -0.272. The Morgan fingerprint density at radius 2 is 2.18 bits per heavy atom. The van der Waals surface area contributed by atoms with E-state index in [9.17, 15) is 9.59 Å². The van der Waals surface area contributed by atoms with Crippen molar-refractivity contribution >= 4 is 18.1 Å². The molecule has 0 bridgehead atoms. The quantitative estimate of drug-likeness (QED) is 0.866. The van der Waals surface area contributed by atoms with Crippen LogP contribution in [0.15, 0.2) is 16.1 Å². The van der Waals surface area contributed by atoms with Crippen LogP contribution in [0.3, 0.4) is 0 Å². The summed E-state index contributed by atoms with van der Waals surface area (Å²) in [6.45, 7) is 0.713. The Morgan fingerprint density at radius 1 is 1.36 bits per heavy atom. The second kappa shape index (κ2) is 6.72. The van der Waals surface area contributed by atoms with E-state index in [0.717, 1.165) is 32.1 Å². The number of anilines is 1. The van der Waals surface area contributed by atoms with E-state index in [1.807, 2.05) is 0 Å². The normalized spacial score (nSPS) is 18.6. The molecule has 1 fully saturated rings. The summed E-state index contributed by atoms with van der Waals surface area (Å²) in [6, 6.07) is 0.256. The summed E-state index contributed by atoms with van der Waals surface area (Å²) in [5, 5.41) is 8.77. The van der Waals surface area contributed by atoms with E-state index in [2.05, 4.69) is 20.4 Å². The summed E-state index contributed by atoms with van der Waals surface area (Å²) >= 11 is 0. The van der Waals surface area contributed by atoms with Crippen molar-refractivity contribution < 1.29 is 4.79 Å². The summed E-state index contributed by atoms with van der Waals surface area (Å²) in [6.07, 6.45) is 9.82. The molecule has 0 radical (unpaired) electrons. The van der Waals surface area contributed by atoms with Gasteiger partial charge in [-0.05, 0) is 12.8 Å². The Labute approximate surface area is 128 Å². The highest BCUT2D eigenvalue weighted by atomic mass is 16.2. The molecule has 0 saturated heterocycles. The zero-order valence-corrected chi connectivity index (χ0v) is 12.5. The minimum absolute atomic E-state index is 0.0718. The van der Waals surface area contributed by atoms with Crippen LogP contribution in [0.25, 0.3) is 0 Å². The second-order valence-corrected chi connectivity index (χ2v) is 5.85. The lowest BCUT2D eigenvalue weighted by Gasteiger charge is -2.22. The van der Waals surface area contributed by atoms with Crippen molar-refractivity contribution in [3.8, 4) is 0 Å². The molecule has 1 amide bonds. The fourth-order valence-corrected chi connectivity index (χ4v) is 2.92. The molecule has 0 atom stereocenters. The number of carbonyl (C=O) groups excluding carboxylic acids is 1. The van der Waals surface area contributed by atoms with Gasteiger partial charge in [-0.15, -0.1) is 0 Å². The van der Waals surface area contributed by atoms with Gasteiger partial charge < -0.3 is 5.32 Å². The first-order valence-corrected chi connectivity index (χ1v) is 7.90. The number of aromatic nitrogens is 2. The predicted molar refractivity (Wildman–Crippen MR) is 84.0 cm³/mol. The van der Waals surface area contributed by atoms with E-state index in [-0.39, 0.29) is 23.9 Å². The zero-order valence-electron chi connectivity index (χ0n) is 12.5. The summed E-state index contributed by atoms with van der Waals surface area (Å²) in [5.41, 5.74) is 0.117. The van der Waals surface area contributed by atoms with Crippen LogP contribution in [0.2, 0.25) is 0 Å². The summed E-state index contributed by atoms with van der Waals surface area (Å²) in [7, 11) is 0. The zero-order chi connectivity index (χ0) is 15.4. The molecule has 0 aromatic carbocycles. The lowest BCUT2D eigenvalue weighted by molar-refractivity contribution is -0.121. The van der Waals surface area contributed by atoms with Gasteiger partial charge in [0.25, 0.3) is 5.56 Å². The predicted octanol–water partition coefficient (Wildman–Crippen LogP) is 0.957. The van der Waals surface area contributed by atoms with Crippen molar-refractivity contribution in [3.63, 3.8) is 0 Å². The minimum Gasteiger partial charge on any atom is -0.353 e. The molecule has 0 unspecified atom stereocenters. The Bertz CT molecular complexity index is 619. The molecule has 0 spiro atoms. The van der Waals surface area contributed by atoms with Gasteiger partial charge in [0.1, 0.15) is 0 Å². The Hall–Kier alpha value is -2.18. The van der Waals surface area contributed by atoms with Crippen molar-refractivity contribution in [3.05, 3.63) is 22.1 Å². The summed E-state index contributed by atoms with van der Waals surface area (Å²) in [4.78, 5) is 31.0. The van der Waals surface area contributed by atoms with Crippen LogP contribution in [-0.2, 0) is 11.2 Å². The number of nitrogens with zero attached hydrogens (tertiary/aromatic N) is 3. The van der Waals surface area contributed by atoms with E-state index >= 15 is 0 Å². The van der Waals surface area contributed by atoms with Gasteiger partial charge in [0, 0.05) is 37.0 Å². The van der Waals surface area contributed by atoms with Crippen molar-refractivity contribution in [2.75, 3.05) is 11.6 Å². The molecule has 2 aliphatic rings. The first-order chi connectivity index (χ1) is 10.7. The molecule has 3 rings (SSSR count). The third kappa shape index (κ3) is 3.52. The Balaban J connectivity index is 1.61. The van der Waals surface area contributed by atoms with Crippen LogP contribution in [-0.4, -0.2) is 34.7 Å². The van der Waals surface area contributed by atoms with Gasteiger partial charge >= 0.3 is 0 Å². The van der Waals surface area contributed by atoms with E-state index < -0.39 is 0 Å². The van der Waals surface area contributed by atoms with Gasteiger partial charge in [-0.25, -0.2) is 9.99 Å². The first kappa shape index (κ1) is 14.7. The molecule has 1 aliphatic carbocycles. The number of hydrogen-bond donors (Lipinski definition) is 2. The number of amides is 1. The molecule has 22 heavy (non-hydrogen) atoms. The molecule has 1 aromatic heterocycles. The lowest BCUT2D eigenvalue weighted by atomic mass is 9.95. The largest absolute Gasteiger partial charge is 0.353 e. The van der Waals surface area contributed by atoms with Crippen LogP contribution in [0.5, 0.6) is 0 Å². The number of aromatic amines is 1. The van der Waals surface area contributed by atoms with Crippen LogP contribution in [0, 0.1) is 0 Å². The SMILES string of the molecule is O=C(Cc1cnc(N2CCC=N2)[nH]c1=O)NC1CCCCC1. The van der Waals surface area contributed by atoms with E-state index in [4.69, 9.17) is 0 Å². The molecule has 1 aliphatic heterocycles. The molecule has 1 aromatic rings. The van der Waals surface area contributed by atoms with Crippen molar-refractivity contribution in [2.45, 2.75) is 51.0 Å². The first-order valence-electron chi connectivity index (χ1n) is 7.90. The van der Waals surface area contributed by atoms with Gasteiger partial charge in [-0.1, -0.05) is 19.3 Å². The van der Waals surface area contributed by atoms with Gasteiger partial charge in [0.05, 0.1) is 6.42 Å². The number of rotatable bonds is 4. The average molecular weight is 303 g/mol. The lowest BCUT2D eigenvalue weighted by Crippen LogP contribution is -2.38. The van der Waals surface area contributed by atoms with Crippen molar-refractivity contribution in [2.24, 2.45) is 5.10 Å². The third-order valence-electron chi connectivity index (χ3n) is 4.12. The maximum Gasteiger partial charge on any atom is 0.256 e. The number of hydrogen-bond acceptors (Lipinski definition) is 5. The fourth-order valence-electron chi connectivity index (χ4n) is 2.92. The van der Waals surface area contributed by atoms with E-state index in [1.165, 1.54) is 12.6 Å². The topological polar surface area (TPSA) is 90.5 Å². The summed E-state index contributed by atoms with van der Waals surface area (Å²) in [5.74, 6) is 0.321. The number of nitrogens with one attached hydrogen (secondary N) is 2. The molecule has 1 saturated carbocycles. The van der Waals surface area contributed by atoms with Crippen LogP contribution in [0.4, 0.5) is 5.95 Å². The third-order valence-corrected chi connectivity index (χ3v) is 4.12. The van der Waals surface area contributed by atoms with E-state index in [0.29, 0.717) is 18.1 Å². The van der Waals surface area contributed by atoms with Crippen LogP contribution < -0.4 is 15.9 Å². The molecule has 2 N–H and O–H groups in total. The van der Waals surface area contributed by atoms with Gasteiger partial charge in [-0.2, -0.15) is 5.10 Å². The highest BCUT2D eigenvalue weighted by molar-refractivity contribution is 5.78. The van der Waals surface area contributed by atoms with Crippen molar-refractivity contribution in [1.82, 2.24) is 15.3 Å². The summed E-state index contributed by atoms with van der Waals surface area (Å²) < 4.78 is 0. The van der Waals surface area contributed by atoms with Crippen molar-refractivity contribution in [1.29, 1.82) is 0 Å². The number of carbonyl (C=O) groups is 1. The fraction of sp³-hybridized carbons (Fsp3) is 0.600.